The van der Waals surface area contributed by atoms with Gasteiger partial charge in [0.25, 0.3) is 11.8 Å². The largest absolute Gasteiger partial charge is 0.495 e. The van der Waals surface area contributed by atoms with Crippen molar-refractivity contribution in [2.75, 3.05) is 24.8 Å². The summed E-state index contributed by atoms with van der Waals surface area (Å²) in [4.78, 5) is 31.3. The number of terminal acetylenes is 2. The fourth-order valence-electron chi connectivity index (χ4n) is 2.98. The second kappa shape index (κ2) is 10.5. The van der Waals surface area contributed by atoms with Crippen LogP contribution in [0.15, 0.2) is 60.8 Å². The Hall–Kier alpha value is -5.08. The summed E-state index contributed by atoms with van der Waals surface area (Å²) in [5.74, 6) is 2.25. The molecule has 168 valence electrons. The van der Waals surface area contributed by atoms with E-state index in [0.717, 1.165) is 0 Å². The first-order valence-corrected chi connectivity index (χ1v) is 9.99. The van der Waals surface area contributed by atoms with E-state index in [-0.39, 0.29) is 17.1 Å². The summed E-state index contributed by atoms with van der Waals surface area (Å²) in [6.45, 7) is 0. The Morgan fingerprint density at radius 2 is 1.71 bits per heavy atom. The minimum atomic E-state index is -0.490. The smallest absolute Gasteiger partial charge is 0.259 e. The molecule has 2 amide bonds. The summed E-state index contributed by atoms with van der Waals surface area (Å²) >= 11 is 0. The maximum Gasteiger partial charge on any atom is 0.259 e. The maximum atomic E-state index is 12.9. The van der Waals surface area contributed by atoms with Gasteiger partial charge in [-0.25, -0.2) is 4.98 Å². The molecule has 0 spiro atoms. The summed E-state index contributed by atoms with van der Waals surface area (Å²) < 4.78 is 5.36. The Kier molecular flexibility index (Phi) is 7.27. The van der Waals surface area contributed by atoms with Crippen molar-refractivity contribution < 1.29 is 14.3 Å². The number of anilines is 2. The molecule has 0 bridgehead atoms. The van der Waals surface area contributed by atoms with E-state index in [0.29, 0.717) is 28.3 Å². The minimum absolute atomic E-state index is 0.127. The average molecular weight is 451 g/mol. The number of carbonyl (C=O) groups excluding carboxylic acids is 2. The van der Waals surface area contributed by atoms with Gasteiger partial charge in [0.1, 0.15) is 17.4 Å². The molecule has 1 aromatic heterocycles. The zero-order valence-electron chi connectivity index (χ0n) is 18.5. The van der Waals surface area contributed by atoms with Crippen molar-refractivity contribution in [3.63, 3.8) is 0 Å². The van der Waals surface area contributed by atoms with Crippen LogP contribution in [0.5, 0.6) is 5.75 Å². The van der Waals surface area contributed by atoms with Crippen LogP contribution in [0.4, 0.5) is 11.5 Å². The molecular weight excluding hydrogens is 430 g/mol. The van der Waals surface area contributed by atoms with E-state index < -0.39 is 11.8 Å². The van der Waals surface area contributed by atoms with Crippen LogP contribution in [-0.2, 0) is 0 Å². The zero-order valence-corrected chi connectivity index (χ0v) is 18.5. The molecule has 1 heterocycles. The number of hydrogen-bond acceptors (Lipinski definition) is 5. The number of carbonyl (C=O) groups is 2. The molecule has 0 aliphatic rings. The molecule has 0 saturated carbocycles. The molecule has 0 fully saturated rings. The van der Waals surface area contributed by atoms with Crippen molar-refractivity contribution in [3.8, 4) is 30.6 Å². The Morgan fingerprint density at radius 1 is 1.00 bits per heavy atom. The van der Waals surface area contributed by atoms with Crippen LogP contribution in [0, 0.1) is 30.2 Å². The number of amidine groups is 1. The summed E-state index contributed by atoms with van der Waals surface area (Å²) in [7, 11) is 3.03. The number of benzene rings is 2. The van der Waals surface area contributed by atoms with Crippen LogP contribution >= 0.6 is 0 Å². The van der Waals surface area contributed by atoms with Gasteiger partial charge in [0, 0.05) is 36.0 Å². The quantitative estimate of drug-likeness (QED) is 0.230. The predicted molar refractivity (Wildman–Crippen MR) is 131 cm³/mol. The minimum Gasteiger partial charge on any atom is -0.495 e. The molecule has 3 N–H and O–H groups in total. The third-order valence-corrected chi connectivity index (χ3v) is 4.85. The van der Waals surface area contributed by atoms with Crippen molar-refractivity contribution in [1.29, 1.82) is 5.41 Å². The Bertz CT molecular complexity index is 1320. The van der Waals surface area contributed by atoms with Gasteiger partial charge in [0.15, 0.2) is 0 Å². The van der Waals surface area contributed by atoms with Crippen LogP contribution in [0.1, 0.15) is 31.8 Å². The Labute approximate surface area is 197 Å². The van der Waals surface area contributed by atoms with Crippen LogP contribution < -0.4 is 15.4 Å². The molecule has 0 radical (unpaired) electrons. The van der Waals surface area contributed by atoms with Gasteiger partial charge in [-0.3, -0.25) is 19.9 Å². The first-order valence-electron chi connectivity index (χ1n) is 9.99. The van der Waals surface area contributed by atoms with E-state index in [2.05, 4.69) is 27.6 Å². The van der Waals surface area contributed by atoms with Crippen molar-refractivity contribution in [1.82, 2.24) is 9.88 Å². The molecule has 0 aliphatic heterocycles. The number of hydrogen-bond donors (Lipinski definition) is 3. The van der Waals surface area contributed by atoms with Crippen LogP contribution in [-0.4, -0.2) is 41.7 Å². The number of nitrogens with one attached hydrogen (secondary N) is 3. The second-order valence-corrected chi connectivity index (χ2v) is 6.98. The molecule has 0 atom stereocenters. The molecule has 34 heavy (non-hydrogen) atoms. The van der Waals surface area contributed by atoms with Gasteiger partial charge in [-0.1, -0.05) is 30.5 Å². The molecular formula is C26H21N5O3. The van der Waals surface area contributed by atoms with Gasteiger partial charge in [-0.05, 0) is 36.4 Å². The summed E-state index contributed by atoms with van der Waals surface area (Å²) in [6.07, 6.45) is 12.1. The number of aromatic nitrogens is 1. The summed E-state index contributed by atoms with van der Waals surface area (Å²) in [5.41, 5.74) is 1.85. The van der Waals surface area contributed by atoms with Gasteiger partial charge >= 0.3 is 0 Å². The zero-order chi connectivity index (χ0) is 24.7. The number of amides is 2. The Morgan fingerprint density at radius 3 is 2.29 bits per heavy atom. The van der Waals surface area contributed by atoms with E-state index in [4.69, 9.17) is 23.0 Å². The summed E-state index contributed by atoms with van der Waals surface area (Å²) in [5, 5.41) is 13.5. The van der Waals surface area contributed by atoms with E-state index in [1.165, 1.54) is 18.2 Å². The number of ether oxygens (including phenoxy) is 1. The molecule has 8 heteroatoms. The molecule has 0 aliphatic carbocycles. The highest BCUT2D eigenvalue weighted by Crippen LogP contribution is 2.29. The van der Waals surface area contributed by atoms with E-state index in [1.54, 1.807) is 61.6 Å². The van der Waals surface area contributed by atoms with Gasteiger partial charge in [-0.2, -0.15) is 0 Å². The highest BCUT2D eigenvalue weighted by Gasteiger charge is 2.19. The highest BCUT2D eigenvalue weighted by molar-refractivity contribution is 6.13. The van der Waals surface area contributed by atoms with Crippen molar-refractivity contribution >= 4 is 29.2 Å². The number of para-hydroxylation sites is 1. The normalized spacial score (nSPS) is 9.76. The predicted octanol–water partition coefficient (Wildman–Crippen LogP) is 3.42. The molecule has 0 unspecified atom stereocenters. The van der Waals surface area contributed by atoms with Gasteiger partial charge < -0.3 is 15.4 Å². The fourth-order valence-corrected chi connectivity index (χ4v) is 2.98. The number of nitrogens with zero attached hydrogens (tertiary/aromatic N) is 2. The van der Waals surface area contributed by atoms with Crippen LogP contribution in [0.2, 0.25) is 0 Å². The van der Waals surface area contributed by atoms with Crippen molar-refractivity contribution in [2.24, 2.45) is 0 Å². The lowest BCUT2D eigenvalue weighted by atomic mass is 10.1. The first kappa shape index (κ1) is 23.6. The van der Waals surface area contributed by atoms with Gasteiger partial charge in [-0.15, -0.1) is 6.42 Å². The van der Waals surface area contributed by atoms with Crippen molar-refractivity contribution in [2.45, 2.75) is 0 Å². The molecule has 2 aromatic carbocycles. The third-order valence-electron chi connectivity index (χ3n) is 4.85. The SMILES string of the molecule is C#Cc1ccc(NC(=O)c2cccc(OC)c2NC(=O)c2ccc(C(=N)N(C)C#C)cc2)nc1. The lowest BCUT2D eigenvalue weighted by molar-refractivity contribution is 0.102. The standard InChI is InChI=1S/C26H21N5O3/c1-5-17-10-15-22(28-16-17)29-26(33)20-8-7-9-21(34-4)23(20)30-25(32)19-13-11-18(12-14-19)24(27)31(3)6-2/h1-2,7-16,27H,3-4H3,(H,30,32)(H,28,29,33). The molecule has 0 saturated heterocycles. The molecule has 3 aromatic rings. The fraction of sp³-hybridized carbons (Fsp3) is 0.0769. The number of methoxy groups -OCH3 is 1. The van der Waals surface area contributed by atoms with Crippen molar-refractivity contribution in [3.05, 3.63) is 83.0 Å². The topological polar surface area (TPSA) is 107 Å². The first-order chi connectivity index (χ1) is 16.4. The Balaban J connectivity index is 1.84. The average Bonchev–Trinajstić information content (AvgIpc) is 2.88. The van der Waals surface area contributed by atoms with E-state index in [9.17, 15) is 9.59 Å². The lowest BCUT2D eigenvalue weighted by Crippen LogP contribution is -2.22. The summed E-state index contributed by atoms with van der Waals surface area (Å²) in [6, 6.07) is 16.8. The van der Waals surface area contributed by atoms with Crippen LogP contribution in [0.25, 0.3) is 0 Å². The number of rotatable bonds is 6. The third kappa shape index (κ3) is 5.21. The van der Waals surface area contributed by atoms with E-state index >= 15 is 0 Å². The van der Waals surface area contributed by atoms with Gasteiger partial charge in [0.2, 0.25) is 0 Å². The van der Waals surface area contributed by atoms with E-state index in [1.807, 2.05) is 0 Å². The second-order valence-electron chi connectivity index (χ2n) is 6.98. The van der Waals surface area contributed by atoms with Crippen LogP contribution in [0.3, 0.4) is 0 Å². The van der Waals surface area contributed by atoms with Gasteiger partial charge in [0.05, 0.1) is 18.4 Å². The highest BCUT2D eigenvalue weighted by atomic mass is 16.5. The number of pyridine rings is 1. The lowest BCUT2D eigenvalue weighted by Gasteiger charge is -2.15. The maximum absolute atomic E-state index is 12.9. The monoisotopic (exact) mass is 451 g/mol. The molecule has 8 nitrogen and oxygen atoms in total. The molecule has 3 rings (SSSR count).